The standard InChI is InChI=1S/C7H14N2O2S.C3H6/c1-6(8)9-3-5-12-4-2-7(10)11;1-2-3-1/h2-5H2,1H3,(H2,8,9)(H,10,11);1-3H2. The van der Waals surface area contributed by atoms with Crippen molar-refractivity contribution in [3.8, 4) is 0 Å². The molecule has 1 fully saturated rings. The van der Waals surface area contributed by atoms with Crippen molar-refractivity contribution in [1.29, 1.82) is 0 Å². The van der Waals surface area contributed by atoms with Crippen LogP contribution in [0.1, 0.15) is 32.6 Å². The summed E-state index contributed by atoms with van der Waals surface area (Å²) in [6.07, 6.45) is 4.72. The lowest BCUT2D eigenvalue weighted by atomic mass is 10.5. The summed E-state index contributed by atoms with van der Waals surface area (Å²) in [5.74, 6) is 1.31. The summed E-state index contributed by atoms with van der Waals surface area (Å²) in [6, 6.07) is 0. The molecule has 0 radical (unpaired) electrons. The smallest absolute Gasteiger partial charge is 0.304 e. The van der Waals surface area contributed by atoms with Crippen LogP contribution >= 0.6 is 11.8 Å². The third kappa shape index (κ3) is 19.6. The highest BCUT2D eigenvalue weighted by Crippen LogP contribution is 2.14. The van der Waals surface area contributed by atoms with E-state index < -0.39 is 5.97 Å². The van der Waals surface area contributed by atoms with Crippen molar-refractivity contribution in [3.63, 3.8) is 0 Å². The first-order chi connectivity index (χ1) is 7.13. The molecule has 15 heavy (non-hydrogen) atoms. The minimum absolute atomic E-state index is 0.218. The van der Waals surface area contributed by atoms with E-state index in [1.165, 1.54) is 19.3 Å². The molecule has 1 saturated carbocycles. The molecule has 0 aromatic rings. The average Bonchev–Trinajstić information content (AvgIpc) is 2.96. The summed E-state index contributed by atoms with van der Waals surface area (Å²) in [5, 5.41) is 8.30. The molecule has 0 aliphatic heterocycles. The van der Waals surface area contributed by atoms with Gasteiger partial charge in [-0.15, -0.1) is 0 Å². The number of hydrogen-bond donors (Lipinski definition) is 2. The van der Waals surface area contributed by atoms with Gasteiger partial charge in [-0.05, 0) is 6.92 Å². The second-order valence-corrected chi connectivity index (χ2v) is 4.56. The molecule has 5 heteroatoms. The molecule has 0 bridgehead atoms. The Balaban J connectivity index is 0.000000548. The lowest BCUT2D eigenvalue weighted by Crippen LogP contribution is -2.06. The fourth-order valence-corrected chi connectivity index (χ4v) is 1.29. The summed E-state index contributed by atoms with van der Waals surface area (Å²) < 4.78 is 0. The number of carbonyl (C=O) groups is 1. The highest BCUT2D eigenvalue weighted by Gasteiger charge is 1.95. The van der Waals surface area contributed by atoms with Crippen LogP contribution in [-0.2, 0) is 4.79 Å². The molecule has 0 atom stereocenters. The van der Waals surface area contributed by atoms with Gasteiger partial charge in [0.1, 0.15) is 0 Å². The number of nitrogens with two attached hydrogens (primary N) is 1. The quantitative estimate of drug-likeness (QED) is 0.415. The van der Waals surface area contributed by atoms with Crippen LogP contribution in [-0.4, -0.2) is 35.0 Å². The number of rotatable bonds is 6. The zero-order chi connectivity index (χ0) is 11.5. The molecule has 1 aliphatic rings. The molecule has 0 saturated heterocycles. The number of aliphatic carboxylic acids is 1. The van der Waals surface area contributed by atoms with Crippen LogP contribution in [0.2, 0.25) is 0 Å². The van der Waals surface area contributed by atoms with Gasteiger partial charge in [-0.25, -0.2) is 0 Å². The van der Waals surface area contributed by atoms with E-state index in [9.17, 15) is 4.79 Å². The van der Waals surface area contributed by atoms with Crippen molar-refractivity contribution in [3.05, 3.63) is 0 Å². The predicted octanol–water partition coefficient (Wildman–Crippen LogP) is 1.74. The van der Waals surface area contributed by atoms with Crippen LogP contribution in [0.3, 0.4) is 0 Å². The van der Waals surface area contributed by atoms with Gasteiger partial charge in [-0.1, -0.05) is 19.3 Å². The molecule has 3 N–H and O–H groups in total. The van der Waals surface area contributed by atoms with Crippen LogP contribution < -0.4 is 5.73 Å². The van der Waals surface area contributed by atoms with Gasteiger partial charge in [0, 0.05) is 18.1 Å². The molecule has 88 valence electrons. The Morgan fingerprint density at radius 1 is 1.40 bits per heavy atom. The molecule has 1 rings (SSSR count). The van der Waals surface area contributed by atoms with Crippen molar-refractivity contribution in [2.24, 2.45) is 10.7 Å². The maximum Gasteiger partial charge on any atom is 0.304 e. The van der Waals surface area contributed by atoms with Crippen molar-refractivity contribution < 1.29 is 9.90 Å². The number of hydrogen-bond acceptors (Lipinski definition) is 3. The topological polar surface area (TPSA) is 75.7 Å². The van der Waals surface area contributed by atoms with E-state index in [1.807, 2.05) is 0 Å². The SMILES string of the molecule is C1CC1.CC(N)=NCCSCCC(=O)O. The zero-order valence-electron chi connectivity index (χ0n) is 9.24. The Kier molecular flexibility index (Phi) is 9.36. The van der Waals surface area contributed by atoms with Crippen molar-refractivity contribution >= 4 is 23.6 Å². The van der Waals surface area contributed by atoms with Gasteiger partial charge in [0.05, 0.1) is 12.3 Å². The van der Waals surface area contributed by atoms with E-state index in [0.717, 1.165) is 5.75 Å². The van der Waals surface area contributed by atoms with E-state index in [1.54, 1.807) is 18.7 Å². The van der Waals surface area contributed by atoms with E-state index >= 15 is 0 Å². The molecule has 1 aliphatic carbocycles. The first kappa shape index (κ1) is 14.3. The molecular formula is C10H20N2O2S. The largest absolute Gasteiger partial charge is 0.481 e. The summed E-state index contributed by atoms with van der Waals surface area (Å²) in [6.45, 7) is 2.41. The van der Waals surface area contributed by atoms with Gasteiger partial charge in [0.25, 0.3) is 0 Å². The van der Waals surface area contributed by atoms with Crippen LogP contribution in [0.5, 0.6) is 0 Å². The summed E-state index contributed by atoms with van der Waals surface area (Å²) in [7, 11) is 0. The Hall–Kier alpha value is -0.710. The third-order valence-electron chi connectivity index (χ3n) is 1.41. The van der Waals surface area contributed by atoms with Crippen LogP contribution in [0.25, 0.3) is 0 Å². The normalized spacial score (nSPS) is 14.1. The number of thioether (sulfide) groups is 1. The minimum atomic E-state index is -0.749. The fourth-order valence-electron chi connectivity index (χ4n) is 0.548. The van der Waals surface area contributed by atoms with Crippen LogP contribution in [0, 0.1) is 0 Å². The summed E-state index contributed by atoms with van der Waals surface area (Å²) in [5.41, 5.74) is 5.30. The average molecular weight is 232 g/mol. The molecular weight excluding hydrogens is 212 g/mol. The maximum absolute atomic E-state index is 10.1. The Bertz CT molecular complexity index is 199. The van der Waals surface area contributed by atoms with Crippen LogP contribution in [0.15, 0.2) is 4.99 Å². The molecule has 4 nitrogen and oxygen atoms in total. The van der Waals surface area contributed by atoms with Gasteiger partial charge in [0.2, 0.25) is 0 Å². The first-order valence-electron chi connectivity index (χ1n) is 5.19. The van der Waals surface area contributed by atoms with Crippen molar-refractivity contribution in [2.45, 2.75) is 32.6 Å². The van der Waals surface area contributed by atoms with Crippen LogP contribution in [0.4, 0.5) is 0 Å². The fraction of sp³-hybridized carbons (Fsp3) is 0.800. The molecule has 0 unspecified atom stereocenters. The Labute approximate surface area is 95.3 Å². The van der Waals surface area contributed by atoms with Gasteiger partial charge in [-0.3, -0.25) is 9.79 Å². The lowest BCUT2D eigenvalue weighted by Gasteiger charge is -1.96. The molecule has 0 spiro atoms. The van der Waals surface area contributed by atoms with Crippen molar-refractivity contribution in [2.75, 3.05) is 18.1 Å². The lowest BCUT2D eigenvalue weighted by molar-refractivity contribution is -0.136. The monoisotopic (exact) mass is 232 g/mol. The van der Waals surface area contributed by atoms with E-state index in [-0.39, 0.29) is 6.42 Å². The third-order valence-corrected chi connectivity index (χ3v) is 2.37. The highest BCUT2D eigenvalue weighted by molar-refractivity contribution is 7.99. The molecule has 0 amide bonds. The Morgan fingerprint density at radius 3 is 2.40 bits per heavy atom. The number of aliphatic imine (C=N–C) groups is 1. The summed E-state index contributed by atoms with van der Waals surface area (Å²) >= 11 is 1.58. The van der Waals surface area contributed by atoms with Gasteiger partial charge in [0.15, 0.2) is 0 Å². The number of amidine groups is 1. The minimum Gasteiger partial charge on any atom is -0.481 e. The summed E-state index contributed by atoms with van der Waals surface area (Å²) in [4.78, 5) is 14.0. The van der Waals surface area contributed by atoms with E-state index in [0.29, 0.717) is 18.1 Å². The van der Waals surface area contributed by atoms with Gasteiger partial charge < -0.3 is 10.8 Å². The van der Waals surface area contributed by atoms with Gasteiger partial charge in [-0.2, -0.15) is 11.8 Å². The maximum atomic E-state index is 10.1. The molecule has 0 aromatic carbocycles. The number of carboxylic acids is 1. The predicted molar refractivity (Wildman–Crippen MR) is 65.6 cm³/mol. The van der Waals surface area contributed by atoms with E-state index in [2.05, 4.69) is 4.99 Å². The second-order valence-electron chi connectivity index (χ2n) is 3.34. The number of carboxylic acid groups (broad SMARTS) is 1. The first-order valence-corrected chi connectivity index (χ1v) is 6.34. The molecule has 0 aromatic heterocycles. The van der Waals surface area contributed by atoms with Crippen molar-refractivity contribution in [1.82, 2.24) is 0 Å². The Morgan fingerprint density at radius 2 is 2.00 bits per heavy atom. The highest BCUT2D eigenvalue weighted by atomic mass is 32.2. The second kappa shape index (κ2) is 9.83. The number of nitrogens with zero attached hydrogens (tertiary/aromatic N) is 1. The van der Waals surface area contributed by atoms with E-state index in [4.69, 9.17) is 10.8 Å². The van der Waals surface area contributed by atoms with Gasteiger partial charge >= 0.3 is 5.97 Å². The molecule has 0 heterocycles. The zero-order valence-corrected chi connectivity index (χ0v) is 10.1.